The first-order valence-electron chi connectivity index (χ1n) is 5.03. The van der Waals surface area contributed by atoms with E-state index in [1.807, 2.05) is 13.3 Å². The Labute approximate surface area is 102 Å². The third-order valence-electron chi connectivity index (χ3n) is 2.53. The van der Waals surface area contributed by atoms with Gasteiger partial charge in [-0.05, 0) is 52.8 Å². The molecule has 0 radical (unpaired) electrons. The Hall–Kier alpha value is -0.320. The monoisotopic (exact) mass is 287 g/mol. The maximum atomic E-state index is 5.39. The van der Waals surface area contributed by atoms with E-state index in [2.05, 4.69) is 32.7 Å². The van der Waals surface area contributed by atoms with E-state index in [1.165, 1.54) is 14.9 Å². The fraction of sp³-hybridized carbons (Fsp3) is 0.455. The summed E-state index contributed by atoms with van der Waals surface area (Å²) in [5, 5.41) is 5.45. The largest absolute Gasteiger partial charge is 0.501 e. The number of hydrogen-bond donors (Lipinski definition) is 1. The van der Waals surface area contributed by atoms with Gasteiger partial charge in [0.05, 0.1) is 18.9 Å². The van der Waals surface area contributed by atoms with Crippen LogP contribution in [0.1, 0.15) is 23.8 Å². The molecule has 2 heterocycles. The molecule has 82 valence electrons. The zero-order valence-electron chi connectivity index (χ0n) is 8.63. The standard InChI is InChI=1S/C11H14BrNOS/c1-13-10(8-3-2-5-14-7-8)11-9(12)4-6-15-11/h4,6-7,10,13H,2-3,5H2,1H3. The molecule has 0 fully saturated rings. The number of rotatable bonds is 3. The second-order valence-electron chi connectivity index (χ2n) is 3.52. The average Bonchev–Trinajstić information content (AvgIpc) is 2.68. The SMILES string of the molecule is CNC(C1=COCCC1)c1sccc1Br. The van der Waals surface area contributed by atoms with Crippen LogP contribution in [0.25, 0.3) is 0 Å². The van der Waals surface area contributed by atoms with Crippen molar-refractivity contribution in [2.45, 2.75) is 18.9 Å². The molecule has 1 aromatic rings. The van der Waals surface area contributed by atoms with E-state index in [-0.39, 0.29) is 0 Å². The summed E-state index contributed by atoms with van der Waals surface area (Å²) in [4.78, 5) is 1.33. The molecule has 2 nitrogen and oxygen atoms in total. The first-order valence-corrected chi connectivity index (χ1v) is 6.71. The second-order valence-corrected chi connectivity index (χ2v) is 5.32. The lowest BCUT2D eigenvalue weighted by Gasteiger charge is -2.22. The van der Waals surface area contributed by atoms with Gasteiger partial charge in [0.15, 0.2) is 0 Å². The third-order valence-corrected chi connectivity index (χ3v) is 4.46. The van der Waals surface area contributed by atoms with Gasteiger partial charge in [-0.1, -0.05) is 0 Å². The minimum atomic E-state index is 0.291. The van der Waals surface area contributed by atoms with Gasteiger partial charge in [0, 0.05) is 9.35 Å². The minimum Gasteiger partial charge on any atom is -0.501 e. The Bertz CT molecular complexity index is 361. The Morgan fingerprint density at radius 3 is 3.00 bits per heavy atom. The van der Waals surface area contributed by atoms with Gasteiger partial charge in [-0.15, -0.1) is 11.3 Å². The predicted octanol–water partition coefficient (Wildman–Crippen LogP) is 3.47. The van der Waals surface area contributed by atoms with Crippen molar-refractivity contribution in [1.29, 1.82) is 0 Å². The molecular weight excluding hydrogens is 274 g/mol. The van der Waals surface area contributed by atoms with E-state index in [1.54, 1.807) is 11.3 Å². The molecule has 0 aliphatic carbocycles. The number of likely N-dealkylation sites (N-methyl/N-ethyl adjacent to an activating group) is 1. The molecule has 4 heteroatoms. The van der Waals surface area contributed by atoms with Gasteiger partial charge < -0.3 is 10.1 Å². The smallest absolute Gasteiger partial charge is 0.0876 e. The van der Waals surface area contributed by atoms with Crippen molar-refractivity contribution >= 4 is 27.3 Å². The van der Waals surface area contributed by atoms with E-state index in [4.69, 9.17) is 4.74 Å². The van der Waals surface area contributed by atoms with Crippen molar-refractivity contribution in [3.63, 3.8) is 0 Å². The van der Waals surface area contributed by atoms with Crippen LogP contribution < -0.4 is 5.32 Å². The van der Waals surface area contributed by atoms with Crippen LogP contribution in [0.5, 0.6) is 0 Å². The molecule has 1 N–H and O–H groups in total. The van der Waals surface area contributed by atoms with E-state index in [0.29, 0.717) is 6.04 Å². The summed E-state index contributed by atoms with van der Waals surface area (Å²) in [5.74, 6) is 0. The van der Waals surface area contributed by atoms with Crippen LogP contribution in [0, 0.1) is 0 Å². The highest BCUT2D eigenvalue weighted by Crippen LogP contribution is 2.35. The van der Waals surface area contributed by atoms with Crippen molar-refractivity contribution in [1.82, 2.24) is 5.32 Å². The van der Waals surface area contributed by atoms with Crippen LogP contribution in [0.3, 0.4) is 0 Å². The van der Waals surface area contributed by atoms with Gasteiger partial charge in [0.2, 0.25) is 0 Å². The van der Waals surface area contributed by atoms with Crippen LogP contribution in [0.15, 0.2) is 27.8 Å². The molecular formula is C11H14BrNOS. The molecule has 0 saturated carbocycles. The lowest BCUT2D eigenvalue weighted by molar-refractivity contribution is 0.220. The van der Waals surface area contributed by atoms with Gasteiger partial charge >= 0.3 is 0 Å². The Kier molecular flexibility index (Phi) is 3.83. The predicted molar refractivity (Wildman–Crippen MR) is 67.1 cm³/mol. The molecule has 1 aliphatic heterocycles. The van der Waals surface area contributed by atoms with E-state index in [0.717, 1.165) is 19.4 Å². The third kappa shape index (κ3) is 2.44. The number of ether oxygens (including phenoxy) is 1. The zero-order valence-corrected chi connectivity index (χ0v) is 11.0. The number of thiophene rings is 1. The number of halogens is 1. The quantitative estimate of drug-likeness (QED) is 0.919. The highest BCUT2D eigenvalue weighted by atomic mass is 79.9. The lowest BCUT2D eigenvalue weighted by atomic mass is 10.0. The maximum Gasteiger partial charge on any atom is 0.0876 e. The average molecular weight is 288 g/mol. The first kappa shape index (κ1) is 11.2. The summed E-state index contributed by atoms with van der Waals surface area (Å²) in [6.45, 7) is 0.853. The van der Waals surface area contributed by atoms with Gasteiger partial charge in [-0.3, -0.25) is 0 Å². The first-order chi connectivity index (χ1) is 7.33. The number of hydrogen-bond acceptors (Lipinski definition) is 3. The normalized spacial score (nSPS) is 18.1. The fourth-order valence-corrected chi connectivity index (χ4v) is 3.55. The topological polar surface area (TPSA) is 21.3 Å². The Morgan fingerprint density at radius 2 is 2.47 bits per heavy atom. The molecule has 0 saturated heterocycles. The molecule has 2 rings (SSSR count). The molecule has 15 heavy (non-hydrogen) atoms. The maximum absolute atomic E-state index is 5.39. The van der Waals surface area contributed by atoms with Crippen molar-refractivity contribution in [2.24, 2.45) is 0 Å². The highest BCUT2D eigenvalue weighted by Gasteiger charge is 2.20. The molecule has 0 aromatic carbocycles. The summed E-state index contributed by atoms with van der Waals surface area (Å²) in [5.41, 5.74) is 1.34. The molecule has 0 spiro atoms. The molecule has 1 unspecified atom stereocenters. The van der Waals surface area contributed by atoms with Crippen LogP contribution >= 0.6 is 27.3 Å². The zero-order chi connectivity index (χ0) is 10.7. The Balaban J connectivity index is 2.24. The molecule has 1 aliphatic rings. The van der Waals surface area contributed by atoms with Gasteiger partial charge in [-0.2, -0.15) is 0 Å². The summed E-state index contributed by atoms with van der Waals surface area (Å²) >= 11 is 5.35. The van der Waals surface area contributed by atoms with Crippen molar-refractivity contribution in [3.8, 4) is 0 Å². The lowest BCUT2D eigenvalue weighted by Crippen LogP contribution is -2.20. The molecule has 0 bridgehead atoms. The van der Waals surface area contributed by atoms with Crippen LogP contribution in [0.4, 0.5) is 0 Å². The molecule has 1 atom stereocenters. The van der Waals surface area contributed by atoms with Crippen molar-refractivity contribution in [3.05, 3.63) is 32.6 Å². The van der Waals surface area contributed by atoms with E-state index >= 15 is 0 Å². The van der Waals surface area contributed by atoms with E-state index < -0.39 is 0 Å². The van der Waals surface area contributed by atoms with E-state index in [9.17, 15) is 0 Å². The van der Waals surface area contributed by atoms with Crippen molar-refractivity contribution < 1.29 is 4.74 Å². The fourth-order valence-electron chi connectivity index (χ4n) is 1.79. The van der Waals surface area contributed by atoms with Gasteiger partial charge in [-0.25, -0.2) is 0 Å². The molecule has 0 amide bonds. The van der Waals surface area contributed by atoms with Crippen LogP contribution in [0.2, 0.25) is 0 Å². The number of nitrogens with one attached hydrogen (secondary N) is 1. The van der Waals surface area contributed by atoms with Gasteiger partial charge in [0.25, 0.3) is 0 Å². The summed E-state index contributed by atoms with van der Waals surface area (Å²) in [7, 11) is 1.99. The highest BCUT2D eigenvalue weighted by molar-refractivity contribution is 9.10. The van der Waals surface area contributed by atoms with Crippen molar-refractivity contribution in [2.75, 3.05) is 13.7 Å². The van der Waals surface area contributed by atoms with Crippen LogP contribution in [-0.4, -0.2) is 13.7 Å². The van der Waals surface area contributed by atoms with Crippen LogP contribution in [-0.2, 0) is 4.74 Å². The second kappa shape index (κ2) is 5.14. The Morgan fingerprint density at radius 1 is 1.60 bits per heavy atom. The summed E-state index contributed by atoms with van der Waals surface area (Å²) < 4.78 is 6.57. The molecule has 1 aromatic heterocycles. The summed E-state index contributed by atoms with van der Waals surface area (Å²) in [6.07, 6.45) is 4.15. The minimum absolute atomic E-state index is 0.291. The summed E-state index contributed by atoms with van der Waals surface area (Å²) in [6, 6.07) is 2.38. The van der Waals surface area contributed by atoms with Gasteiger partial charge in [0.1, 0.15) is 0 Å².